The van der Waals surface area contributed by atoms with Gasteiger partial charge in [-0.3, -0.25) is 14.3 Å². The molecular formula is C19H18N4OS. The lowest BCUT2D eigenvalue weighted by Crippen LogP contribution is -2.05. The van der Waals surface area contributed by atoms with Crippen LogP contribution in [-0.2, 0) is 6.54 Å². The third-order valence-corrected chi connectivity index (χ3v) is 4.64. The van der Waals surface area contributed by atoms with E-state index in [2.05, 4.69) is 21.8 Å². The Morgan fingerprint density at radius 3 is 2.56 bits per heavy atom. The van der Waals surface area contributed by atoms with Gasteiger partial charge in [-0.25, -0.2) is 0 Å². The summed E-state index contributed by atoms with van der Waals surface area (Å²) in [5, 5.41) is 9.22. The van der Waals surface area contributed by atoms with E-state index in [-0.39, 0.29) is 5.78 Å². The predicted molar refractivity (Wildman–Crippen MR) is 99.7 cm³/mol. The van der Waals surface area contributed by atoms with Crippen molar-refractivity contribution < 1.29 is 4.79 Å². The molecule has 0 saturated heterocycles. The van der Waals surface area contributed by atoms with Gasteiger partial charge in [0.25, 0.3) is 0 Å². The Kier molecular flexibility index (Phi) is 5.40. The number of pyridine rings is 1. The molecule has 3 rings (SSSR count). The van der Waals surface area contributed by atoms with Gasteiger partial charge >= 0.3 is 0 Å². The Morgan fingerprint density at radius 1 is 1.16 bits per heavy atom. The summed E-state index contributed by atoms with van der Waals surface area (Å²) in [6.07, 6.45) is 5.23. The Bertz CT molecular complexity index is 872. The molecular weight excluding hydrogens is 332 g/mol. The van der Waals surface area contributed by atoms with Crippen molar-refractivity contribution >= 4 is 17.5 Å². The molecule has 0 N–H and O–H groups in total. The van der Waals surface area contributed by atoms with E-state index in [0.717, 1.165) is 17.0 Å². The van der Waals surface area contributed by atoms with E-state index in [9.17, 15) is 4.79 Å². The third-order valence-electron chi connectivity index (χ3n) is 3.67. The maximum absolute atomic E-state index is 12.4. The summed E-state index contributed by atoms with van der Waals surface area (Å²) in [5.74, 6) is 1.13. The number of ketones is 1. The van der Waals surface area contributed by atoms with Gasteiger partial charge in [-0.05, 0) is 19.1 Å². The molecule has 0 spiro atoms. The second-order valence-electron chi connectivity index (χ2n) is 5.52. The number of aromatic nitrogens is 4. The fourth-order valence-electron chi connectivity index (χ4n) is 2.36. The average molecular weight is 350 g/mol. The van der Waals surface area contributed by atoms with Crippen molar-refractivity contribution in [2.75, 3.05) is 5.75 Å². The van der Waals surface area contributed by atoms with Crippen LogP contribution in [-0.4, -0.2) is 31.3 Å². The first-order valence-electron chi connectivity index (χ1n) is 7.86. The second-order valence-corrected chi connectivity index (χ2v) is 6.46. The van der Waals surface area contributed by atoms with Crippen LogP contribution in [0.15, 0.2) is 66.6 Å². The van der Waals surface area contributed by atoms with Crippen LogP contribution in [0.25, 0.3) is 11.4 Å². The van der Waals surface area contributed by atoms with Crippen LogP contribution in [0.5, 0.6) is 0 Å². The Hall–Kier alpha value is -2.73. The first kappa shape index (κ1) is 17.1. The molecule has 0 radical (unpaired) electrons. The fraction of sp³-hybridized carbons (Fsp3) is 0.158. The van der Waals surface area contributed by atoms with Crippen molar-refractivity contribution in [2.45, 2.75) is 18.6 Å². The molecule has 25 heavy (non-hydrogen) atoms. The van der Waals surface area contributed by atoms with Gasteiger partial charge in [0.1, 0.15) is 0 Å². The maximum atomic E-state index is 12.4. The highest BCUT2D eigenvalue weighted by Crippen LogP contribution is 2.24. The highest BCUT2D eigenvalue weighted by molar-refractivity contribution is 7.99. The highest BCUT2D eigenvalue weighted by Gasteiger charge is 2.15. The zero-order chi connectivity index (χ0) is 17.6. The molecule has 0 bridgehead atoms. The number of benzene rings is 1. The summed E-state index contributed by atoms with van der Waals surface area (Å²) < 4.78 is 1.95. The number of rotatable bonds is 7. The number of thioether (sulfide) groups is 1. The van der Waals surface area contributed by atoms with Crippen LogP contribution >= 0.6 is 11.8 Å². The minimum atomic E-state index is 0.0728. The Morgan fingerprint density at radius 2 is 1.88 bits per heavy atom. The molecule has 3 aromatic rings. The van der Waals surface area contributed by atoms with Gasteiger partial charge in [0.2, 0.25) is 0 Å². The normalized spacial score (nSPS) is 10.6. The molecule has 0 amide bonds. The number of hydrogen-bond acceptors (Lipinski definition) is 5. The molecule has 0 aliphatic heterocycles. The molecule has 0 aliphatic rings. The predicted octanol–water partition coefficient (Wildman–Crippen LogP) is 3.81. The first-order valence-corrected chi connectivity index (χ1v) is 8.85. The molecule has 1 aromatic carbocycles. The van der Waals surface area contributed by atoms with Gasteiger partial charge in [0, 0.05) is 30.1 Å². The summed E-state index contributed by atoms with van der Waals surface area (Å²) >= 11 is 1.39. The van der Waals surface area contributed by atoms with Crippen molar-refractivity contribution in [1.29, 1.82) is 0 Å². The lowest BCUT2D eigenvalue weighted by atomic mass is 10.1. The highest BCUT2D eigenvalue weighted by atomic mass is 32.2. The van der Waals surface area contributed by atoms with Gasteiger partial charge in [-0.2, -0.15) is 0 Å². The number of hydrogen-bond donors (Lipinski definition) is 0. The van der Waals surface area contributed by atoms with Crippen LogP contribution < -0.4 is 0 Å². The standard InChI is InChI=1S/C19H18N4OS/c1-3-12-23-18(16-8-10-20-11-9-16)21-22-19(23)25-13-17(24)15-6-4-14(2)5-7-15/h3-11H,1,12-13H2,2H3. The monoisotopic (exact) mass is 350 g/mol. The summed E-state index contributed by atoms with van der Waals surface area (Å²) in [6, 6.07) is 11.4. The number of nitrogens with zero attached hydrogens (tertiary/aromatic N) is 4. The van der Waals surface area contributed by atoms with Crippen molar-refractivity contribution in [1.82, 2.24) is 19.7 Å². The van der Waals surface area contributed by atoms with Crippen molar-refractivity contribution in [3.8, 4) is 11.4 Å². The van der Waals surface area contributed by atoms with E-state index < -0.39 is 0 Å². The van der Waals surface area contributed by atoms with Gasteiger partial charge in [-0.1, -0.05) is 47.7 Å². The van der Waals surface area contributed by atoms with Crippen molar-refractivity contribution in [3.05, 3.63) is 72.6 Å². The number of Topliss-reactive ketones (excluding diaryl/α,β-unsaturated/α-hetero) is 1. The Labute approximate surface area is 150 Å². The topological polar surface area (TPSA) is 60.7 Å². The van der Waals surface area contributed by atoms with Crippen LogP contribution in [0.1, 0.15) is 15.9 Å². The second kappa shape index (κ2) is 7.90. The summed E-state index contributed by atoms with van der Waals surface area (Å²) in [5.41, 5.74) is 2.78. The van der Waals surface area contributed by atoms with Gasteiger partial charge < -0.3 is 0 Å². The van der Waals surface area contributed by atoms with Crippen LogP contribution in [0.4, 0.5) is 0 Å². The molecule has 126 valence electrons. The van der Waals surface area contributed by atoms with E-state index in [1.807, 2.05) is 47.9 Å². The van der Waals surface area contributed by atoms with Gasteiger partial charge in [0.15, 0.2) is 16.8 Å². The first-order chi connectivity index (χ1) is 12.2. The minimum Gasteiger partial charge on any atom is -0.298 e. The smallest absolute Gasteiger partial charge is 0.192 e. The quantitative estimate of drug-likeness (QED) is 0.368. The molecule has 0 aliphatic carbocycles. The van der Waals surface area contributed by atoms with Crippen LogP contribution in [0, 0.1) is 6.92 Å². The number of carbonyl (C=O) groups is 1. The zero-order valence-electron chi connectivity index (χ0n) is 13.9. The van der Waals surface area contributed by atoms with E-state index >= 15 is 0 Å². The number of allylic oxidation sites excluding steroid dienone is 1. The average Bonchev–Trinajstić information content (AvgIpc) is 3.04. The molecule has 2 heterocycles. The van der Waals surface area contributed by atoms with Gasteiger partial charge in [-0.15, -0.1) is 16.8 Å². The largest absolute Gasteiger partial charge is 0.298 e. The van der Waals surface area contributed by atoms with Crippen LogP contribution in [0.2, 0.25) is 0 Å². The summed E-state index contributed by atoms with van der Waals surface area (Å²) in [4.78, 5) is 16.4. The molecule has 2 aromatic heterocycles. The SMILES string of the molecule is C=CCn1c(SCC(=O)c2ccc(C)cc2)nnc1-c1ccncc1. The van der Waals surface area contributed by atoms with Crippen molar-refractivity contribution in [2.24, 2.45) is 0 Å². The molecule has 6 heteroatoms. The molecule has 0 unspecified atom stereocenters. The summed E-state index contributed by atoms with van der Waals surface area (Å²) in [6.45, 7) is 6.37. The molecule has 0 atom stereocenters. The lowest BCUT2D eigenvalue weighted by Gasteiger charge is -2.07. The lowest BCUT2D eigenvalue weighted by molar-refractivity contribution is 0.102. The molecule has 0 fully saturated rings. The van der Waals surface area contributed by atoms with E-state index in [0.29, 0.717) is 23.0 Å². The number of carbonyl (C=O) groups excluding carboxylic acids is 1. The van der Waals surface area contributed by atoms with Crippen molar-refractivity contribution in [3.63, 3.8) is 0 Å². The van der Waals surface area contributed by atoms with E-state index in [4.69, 9.17) is 0 Å². The van der Waals surface area contributed by atoms with Crippen LogP contribution in [0.3, 0.4) is 0 Å². The molecule has 5 nitrogen and oxygen atoms in total. The summed E-state index contributed by atoms with van der Waals surface area (Å²) in [7, 11) is 0. The van der Waals surface area contributed by atoms with Gasteiger partial charge in [0.05, 0.1) is 5.75 Å². The fourth-order valence-corrected chi connectivity index (χ4v) is 3.20. The third kappa shape index (κ3) is 4.03. The Balaban J connectivity index is 1.78. The van der Waals surface area contributed by atoms with E-state index in [1.165, 1.54) is 11.8 Å². The minimum absolute atomic E-state index is 0.0728. The maximum Gasteiger partial charge on any atom is 0.192 e. The number of aryl methyl sites for hydroxylation is 1. The molecule has 0 saturated carbocycles. The zero-order valence-corrected chi connectivity index (χ0v) is 14.7. The van der Waals surface area contributed by atoms with E-state index in [1.54, 1.807) is 18.5 Å².